The molecule has 0 fully saturated rings. The number of fused-ring (bicyclic) bond motifs is 2. The molecule has 1 aliphatic heterocycles. The van der Waals surface area contributed by atoms with E-state index in [1.54, 1.807) is 12.4 Å². The third-order valence-electron chi connectivity index (χ3n) is 4.28. The van der Waals surface area contributed by atoms with E-state index in [2.05, 4.69) is 24.8 Å². The Labute approximate surface area is 133 Å². The van der Waals surface area contributed by atoms with E-state index in [0.717, 1.165) is 49.5 Å². The Morgan fingerprint density at radius 2 is 2.17 bits per heavy atom. The summed E-state index contributed by atoms with van der Waals surface area (Å²) >= 11 is 0. The first kappa shape index (κ1) is 14.0. The molecule has 0 radical (unpaired) electrons. The Balaban J connectivity index is 1.49. The molecule has 0 saturated carbocycles. The van der Waals surface area contributed by atoms with Crippen LogP contribution >= 0.6 is 0 Å². The minimum atomic E-state index is -0.0673. The number of rotatable bonds is 3. The number of benzene rings is 1. The van der Waals surface area contributed by atoms with Gasteiger partial charge in [-0.25, -0.2) is 15.0 Å². The predicted molar refractivity (Wildman–Crippen MR) is 87.1 cm³/mol. The maximum absolute atomic E-state index is 12.1. The number of aromatic amines is 1. The van der Waals surface area contributed by atoms with E-state index in [1.165, 1.54) is 5.56 Å². The van der Waals surface area contributed by atoms with Crippen molar-refractivity contribution in [3.8, 4) is 0 Å². The third kappa shape index (κ3) is 2.85. The first-order chi connectivity index (χ1) is 11.3. The molecule has 6 heteroatoms. The molecule has 0 unspecified atom stereocenters. The molecule has 0 aliphatic carbocycles. The summed E-state index contributed by atoms with van der Waals surface area (Å²) in [4.78, 5) is 30.3. The molecular weight excluding hydrogens is 290 g/mol. The fourth-order valence-corrected chi connectivity index (χ4v) is 3.01. The maximum atomic E-state index is 12.1. The highest BCUT2D eigenvalue weighted by molar-refractivity contribution is 5.77. The average molecular weight is 307 g/mol. The second-order valence-electron chi connectivity index (χ2n) is 5.80. The first-order valence-electron chi connectivity index (χ1n) is 7.77. The zero-order chi connectivity index (χ0) is 15.6. The quantitative estimate of drug-likeness (QED) is 0.790. The molecule has 0 atom stereocenters. The van der Waals surface area contributed by atoms with Gasteiger partial charge in [0.2, 0.25) is 0 Å². The molecule has 116 valence electrons. The van der Waals surface area contributed by atoms with E-state index < -0.39 is 0 Å². The molecule has 4 rings (SSSR count). The van der Waals surface area contributed by atoms with Crippen molar-refractivity contribution in [3.63, 3.8) is 0 Å². The summed E-state index contributed by atoms with van der Waals surface area (Å²) in [6, 6.07) is 7.43. The molecule has 1 aliphatic rings. The number of para-hydroxylation sites is 1. The van der Waals surface area contributed by atoms with Gasteiger partial charge in [0.1, 0.15) is 12.2 Å². The molecule has 1 aromatic carbocycles. The number of hydrogen-bond acceptors (Lipinski definition) is 5. The number of hydrogen-bond donors (Lipinski definition) is 1. The smallest absolute Gasteiger partial charge is 0.258 e. The molecule has 0 bridgehead atoms. The van der Waals surface area contributed by atoms with E-state index in [0.29, 0.717) is 5.39 Å². The Hall–Kier alpha value is -2.60. The summed E-state index contributed by atoms with van der Waals surface area (Å²) in [5.74, 6) is 0.738. The Morgan fingerprint density at radius 1 is 1.26 bits per heavy atom. The molecule has 0 spiro atoms. The van der Waals surface area contributed by atoms with Crippen molar-refractivity contribution in [2.24, 2.45) is 0 Å². The minimum Gasteiger partial charge on any atom is -0.310 e. The van der Waals surface area contributed by atoms with E-state index in [1.807, 2.05) is 24.4 Å². The topological polar surface area (TPSA) is 74.8 Å². The number of H-pyrrole nitrogens is 1. The Kier molecular flexibility index (Phi) is 3.59. The van der Waals surface area contributed by atoms with Crippen LogP contribution in [0, 0.1) is 0 Å². The minimum absolute atomic E-state index is 0.0673. The van der Waals surface area contributed by atoms with Gasteiger partial charge in [-0.3, -0.25) is 9.69 Å². The molecule has 3 aromatic rings. The van der Waals surface area contributed by atoms with E-state index in [9.17, 15) is 4.79 Å². The van der Waals surface area contributed by atoms with Crippen molar-refractivity contribution in [1.82, 2.24) is 24.8 Å². The zero-order valence-electron chi connectivity index (χ0n) is 12.7. The summed E-state index contributed by atoms with van der Waals surface area (Å²) < 4.78 is 0. The summed E-state index contributed by atoms with van der Waals surface area (Å²) in [6.07, 6.45) is 5.20. The monoisotopic (exact) mass is 307 g/mol. The number of nitrogens with zero attached hydrogens (tertiary/aromatic N) is 4. The van der Waals surface area contributed by atoms with Gasteiger partial charge in [0.15, 0.2) is 0 Å². The predicted octanol–water partition coefficient (Wildman–Crippen LogP) is 1.31. The lowest BCUT2D eigenvalue weighted by molar-refractivity contribution is 0.251. The van der Waals surface area contributed by atoms with Crippen molar-refractivity contribution in [2.75, 3.05) is 13.1 Å². The third-order valence-corrected chi connectivity index (χ3v) is 4.28. The van der Waals surface area contributed by atoms with Crippen molar-refractivity contribution in [1.29, 1.82) is 0 Å². The lowest BCUT2D eigenvalue weighted by atomic mass is 10.1. The van der Waals surface area contributed by atoms with Crippen LogP contribution in [-0.2, 0) is 19.4 Å². The van der Waals surface area contributed by atoms with Gasteiger partial charge in [-0.05, 0) is 24.1 Å². The van der Waals surface area contributed by atoms with Crippen LogP contribution in [0.1, 0.15) is 17.1 Å². The van der Waals surface area contributed by atoms with Crippen LogP contribution in [-0.4, -0.2) is 37.9 Å². The highest BCUT2D eigenvalue weighted by Crippen LogP contribution is 2.15. The molecule has 23 heavy (non-hydrogen) atoms. The van der Waals surface area contributed by atoms with Gasteiger partial charge in [-0.1, -0.05) is 12.1 Å². The lowest BCUT2D eigenvalue weighted by Crippen LogP contribution is -2.33. The normalized spacial score (nSPS) is 14.8. The van der Waals surface area contributed by atoms with Gasteiger partial charge >= 0.3 is 0 Å². The summed E-state index contributed by atoms with van der Waals surface area (Å²) in [5.41, 5.74) is 3.03. The van der Waals surface area contributed by atoms with Gasteiger partial charge in [0.25, 0.3) is 5.56 Å². The zero-order valence-corrected chi connectivity index (χ0v) is 12.7. The molecule has 6 nitrogen and oxygen atoms in total. The van der Waals surface area contributed by atoms with Crippen molar-refractivity contribution >= 4 is 10.9 Å². The maximum Gasteiger partial charge on any atom is 0.258 e. The molecular formula is C17H17N5O. The Morgan fingerprint density at radius 3 is 3.13 bits per heavy atom. The fraction of sp³-hybridized carbons (Fsp3) is 0.294. The van der Waals surface area contributed by atoms with E-state index in [4.69, 9.17) is 0 Å². The second kappa shape index (κ2) is 5.89. The largest absolute Gasteiger partial charge is 0.310 e. The van der Waals surface area contributed by atoms with Gasteiger partial charge in [0.05, 0.1) is 16.6 Å². The Bertz CT molecular complexity index is 905. The van der Waals surface area contributed by atoms with Crippen molar-refractivity contribution in [2.45, 2.75) is 19.4 Å². The van der Waals surface area contributed by atoms with Crippen LogP contribution in [0.5, 0.6) is 0 Å². The van der Waals surface area contributed by atoms with E-state index >= 15 is 0 Å². The summed E-state index contributed by atoms with van der Waals surface area (Å²) in [5, 5.41) is 0.639. The highest BCUT2D eigenvalue weighted by atomic mass is 16.1. The van der Waals surface area contributed by atoms with Crippen molar-refractivity contribution < 1.29 is 0 Å². The van der Waals surface area contributed by atoms with Crippen LogP contribution in [0.4, 0.5) is 0 Å². The van der Waals surface area contributed by atoms with Gasteiger partial charge in [-0.2, -0.15) is 0 Å². The standard InChI is InChI=1S/C17H17N5O/c23-17-13-3-1-2-4-14(13)20-16(21-17)6-8-22-7-5-12-9-18-11-19-15(12)10-22/h1-4,9,11H,5-8,10H2,(H,20,21,23). The van der Waals surface area contributed by atoms with Gasteiger partial charge < -0.3 is 4.98 Å². The van der Waals surface area contributed by atoms with Crippen LogP contribution in [0.2, 0.25) is 0 Å². The second-order valence-corrected chi connectivity index (χ2v) is 5.80. The summed E-state index contributed by atoms with van der Waals surface area (Å²) in [6.45, 7) is 2.67. The van der Waals surface area contributed by atoms with E-state index in [-0.39, 0.29) is 5.56 Å². The summed E-state index contributed by atoms with van der Waals surface area (Å²) in [7, 11) is 0. The fourth-order valence-electron chi connectivity index (χ4n) is 3.01. The van der Waals surface area contributed by atoms with Gasteiger partial charge in [-0.15, -0.1) is 0 Å². The molecule has 1 N–H and O–H groups in total. The molecule has 0 saturated heterocycles. The lowest BCUT2D eigenvalue weighted by Gasteiger charge is -2.27. The van der Waals surface area contributed by atoms with Crippen LogP contribution in [0.3, 0.4) is 0 Å². The van der Waals surface area contributed by atoms with Gasteiger partial charge in [0, 0.05) is 32.3 Å². The molecule has 0 amide bonds. The number of nitrogens with one attached hydrogen (secondary N) is 1. The van der Waals surface area contributed by atoms with Crippen LogP contribution < -0.4 is 5.56 Å². The molecule has 2 aromatic heterocycles. The average Bonchev–Trinajstić information content (AvgIpc) is 2.60. The highest BCUT2D eigenvalue weighted by Gasteiger charge is 2.17. The SMILES string of the molecule is O=c1[nH]c(CCN2CCc3cncnc3C2)nc2ccccc12. The van der Waals surface area contributed by atoms with Crippen LogP contribution in [0.25, 0.3) is 10.9 Å². The molecule has 3 heterocycles. The van der Waals surface area contributed by atoms with Crippen molar-refractivity contribution in [3.05, 3.63) is 64.2 Å². The first-order valence-corrected chi connectivity index (χ1v) is 7.77. The number of aromatic nitrogens is 4. The van der Waals surface area contributed by atoms with Crippen LogP contribution in [0.15, 0.2) is 41.6 Å².